The SMILES string of the molecule is C=CCOc1ccc(C(O)=C2C(=O)C(=O)N(C[C@@H]3CCCO3)[C@]23C(=O)N(CCC)c2ccccc23)cc1C. The first-order chi connectivity index (χ1) is 18.4. The second kappa shape index (κ2) is 10.1. The zero-order chi connectivity index (χ0) is 27.0. The number of para-hydroxylation sites is 1. The van der Waals surface area contributed by atoms with E-state index in [0.717, 1.165) is 18.4 Å². The fourth-order valence-electron chi connectivity index (χ4n) is 5.81. The average molecular weight is 517 g/mol. The molecule has 3 aliphatic rings. The number of carbonyl (C=O) groups excluding carboxylic acids is 3. The third-order valence-electron chi connectivity index (χ3n) is 7.47. The first kappa shape index (κ1) is 25.7. The van der Waals surface area contributed by atoms with Crippen molar-refractivity contribution in [2.24, 2.45) is 0 Å². The molecule has 0 radical (unpaired) electrons. The Morgan fingerprint density at radius 2 is 2.03 bits per heavy atom. The summed E-state index contributed by atoms with van der Waals surface area (Å²) >= 11 is 0. The molecule has 8 heteroatoms. The molecule has 3 aliphatic heterocycles. The zero-order valence-corrected chi connectivity index (χ0v) is 21.7. The van der Waals surface area contributed by atoms with Gasteiger partial charge in [0, 0.05) is 30.8 Å². The smallest absolute Gasteiger partial charge is 0.296 e. The summed E-state index contributed by atoms with van der Waals surface area (Å²) in [5.41, 5.74) is 0.206. The maximum atomic E-state index is 14.4. The number of ether oxygens (including phenoxy) is 2. The van der Waals surface area contributed by atoms with Gasteiger partial charge >= 0.3 is 0 Å². The molecule has 38 heavy (non-hydrogen) atoms. The summed E-state index contributed by atoms with van der Waals surface area (Å²) in [5.74, 6) is -1.90. The van der Waals surface area contributed by atoms with Crippen molar-refractivity contribution in [3.8, 4) is 5.75 Å². The van der Waals surface area contributed by atoms with Gasteiger partial charge in [-0.3, -0.25) is 14.4 Å². The number of carbonyl (C=O) groups is 3. The Balaban J connectivity index is 1.73. The van der Waals surface area contributed by atoms with Crippen LogP contribution in [0.2, 0.25) is 0 Å². The van der Waals surface area contributed by atoms with E-state index in [2.05, 4.69) is 6.58 Å². The van der Waals surface area contributed by atoms with Crippen LogP contribution < -0.4 is 9.64 Å². The van der Waals surface area contributed by atoms with Crippen molar-refractivity contribution in [2.45, 2.75) is 44.8 Å². The van der Waals surface area contributed by atoms with Crippen LogP contribution in [0.5, 0.6) is 5.75 Å². The van der Waals surface area contributed by atoms with Gasteiger partial charge in [0.2, 0.25) is 0 Å². The van der Waals surface area contributed by atoms with Gasteiger partial charge in [0.1, 0.15) is 18.1 Å². The minimum atomic E-state index is -1.78. The van der Waals surface area contributed by atoms with Gasteiger partial charge in [-0.15, -0.1) is 0 Å². The van der Waals surface area contributed by atoms with E-state index in [4.69, 9.17) is 9.47 Å². The fourth-order valence-corrected chi connectivity index (χ4v) is 5.81. The predicted molar refractivity (Wildman–Crippen MR) is 143 cm³/mol. The van der Waals surface area contributed by atoms with Crippen LogP contribution in [0.3, 0.4) is 0 Å². The summed E-state index contributed by atoms with van der Waals surface area (Å²) < 4.78 is 11.5. The van der Waals surface area contributed by atoms with Crippen LogP contribution in [0, 0.1) is 6.92 Å². The molecule has 2 fully saturated rings. The molecule has 2 aromatic carbocycles. The summed E-state index contributed by atoms with van der Waals surface area (Å²) in [4.78, 5) is 44.7. The second-order valence-electron chi connectivity index (χ2n) is 9.87. The van der Waals surface area contributed by atoms with E-state index in [0.29, 0.717) is 48.7 Å². The lowest BCUT2D eigenvalue weighted by Crippen LogP contribution is -2.53. The highest BCUT2D eigenvalue weighted by Crippen LogP contribution is 2.54. The van der Waals surface area contributed by atoms with Crippen molar-refractivity contribution in [1.29, 1.82) is 0 Å². The van der Waals surface area contributed by atoms with Gasteiger partial charge in [0.05, 0.1) is 17.4 Å². The number of aliphatic hydroxyl groups excluding tert-OH is 1. The number of amides is 2. The quantitative estimate of drug-likeness (QED) is 0.246. The number of likely N-dealkylation sites (tertiary alicyclic amines) is 1. The summed E-state index contributed by atoms with van der Waals surface area (Å²) in [7, 11) is 0. The number of benzene rings is 2. The molecule has 3 heterocycles. The Bertz CT molecular complexity index is 1340. The van der Waals surface area contributed by atoms with Crippen LogP contribution in [0.25, 0.3) is 5.76 Å². The lowest BCUT2D eigenvalue weighted by Gasteiger charge is -2.35. The third-order valence-corrected chi connectivity index (χ3v) is 7.47. The molecular formula is C30H32N2O6. The number of anilines is 1. The number of hydrogen-bond acceptors (Lipinski definition) is 6. The lowest BCUT2D eigenvalue weighted by atomic mass is 9.81. The Morgan fingerprint density at radius 3 is 2.71 bits per heavy atom. The molecule has 2 saturated heterocycles. The van der Waals surface area contributed by atoms with Crippen molar-refractivity contribution in [3.05, 3.63) is 77.4 Å². The van der Waals surface area contributed by atoms with Gasteiger partial charge in [-0.05, 0) is 56.0 Å². The highest BCUT2D eigenvalue weighted by Gasteiger charge is 2.67. The van der Waals surface area contributed by atoms with Gasteiger partial charge in [-0.1, -0.05) is 37.8 Å². The number of ketones is 1. The Kier molecular flexibility index (Phi) is 6.84. The highest BCUT2D eigenvalue weighted by molar-refractivity contribution is 6.50. The summed E-state index contributed by atoms with van der Waals surface area (Å²) in [6.07, 6.45) is 3.58. The molecule has 1 spiro atoms. The van der Waals surface area contributed by atoms with E-state index in [9.17, 15) is 19.5 Å². The number of aryl methyl sites for hydroxylation is 1. The molecule has 2 amide bonds. The Hall–Kier alpha value is -3.91. The largest absolute Gasteiger partial charge is 0.507 e. The minimum absolute atomic E-state index is 0.0781. The molecule has 0 aromatic heterocycles. The van der Waals surface area contributed by atoms with E-state index in [1.165, 1.54) is 4.90 Å². The summed E-state index contributed by atoms with van der Waals surface area (Å²) in [6.45, 7) is 8.81. The number of fused-ring (bicyclic) bond motifs is 2. The Morgan fingerprint density at radius 1 is 1.24 bits per heavy atom. The van der Waals surface area contributed by atoms with E-state index >= 15 is 0 Å². The number of Topliss-reactive ketones (excluding diaryl/α,β-unsaturated/α-hetero) is 1. The topological polar surface area (TPSA) is 96.4 Å². The first-order valence-electron chi connectivity index (χ1n) is 13.0. The van der Waals surface area contributed by atoms with Crippen molar-refractivity contribution < 1.29 is 29.0 Å². The molecule has 198 valence electrons. The summed E-state index contributed by atoms with van der Waals surface area (Å²) in [5, 5.41) is 11.7. The van der Waals surface area contributed by atoms with Gasteiger partial charge in [-0.2, -0.15) is 0 Å². The first-order valence-corrected chi connectivity index (χ1v) is 13.0. The third kappa shape index (κ3) is 3.82. The van der Waals surface area contributed by atoms with Crippen LogP contribution in [0.1, 0.15) is 42.9 Å². The van der Waals surface area contributed by atoms with Crippen LogP contribution in [-0.2, 0) is 24.7 Å². The summed E-state index contributed by atoms with van der Waals surface area (Å²) in [6, 6.07) is 12.2. The molecule has 5 rings (SSSR count). The molecule has 0 aliphatic carbocycles. The minimum Gasteiger partial charge on any atom is -0.507 e. The van der Waals surface area contributed by atoms with Gasteiger partial charge in [0.15, 0.2) is 5.54 Å². The van der Waals surface area contributed by atoms with Crippen molar-refractivity contribution in [1.82, 2.24) is 4.90 Å². The Labute approximate surface area is 222 Å². The van der Waals surface area contributed by atoms with Gasteiger partial charge < -0.3 is 24.4 Å². The highest BCUT2D eigenvalue weighted by atomic mass is 16.5. The van der Waals surface area contributed by atoms with Crippen molar-refractivity contribution >= 4 is 29.0 Å². The molecule has 0 saturated carbocycles. The number of nitrogens with zero attached hydrogens (tertiary/aromatic N) is 2. The fraction of sp³-hybridized carbons (Fsp3) is 0.367. The van der Waals surface area contributed by atoms with Crippen molar-refractivity contribution in [2.75, 3.05) is 31.2 Å². The van der Waals surface area contributed by atoms with Crippen LogP contribution in [0.15, 0.2) is 60.7 Å². The maximum Gasteiger partial charge on any atom is 0.296 e. The zero-order valence-electron chi connectivity index (χ0n) is 21.7. The molecule has 0 bridgehead atoms. The molecule has 8 nitrogen and oxygen atoms in total. The average Bonchev–Trinajstić information content (AvgIpc) is 3.58. The standard InChI is InChI=1S/C30H32N2O6/c1-4-14-31-23-11-7-6-10-22(23)30(29(31)36)25(27(34)28(35)32(30)18-21-9-8-16-37-21)26(33)20-12-13-24(19(3)17-20)38-15-5-2/h5-7,10-13,17,21,33H,2,4,8-9,14-16,18H2,1,3H3/t21-,30-/m0/s1. The van der Waals surface area contributed by atoms with E-state index in [1.807, 2.05) is 26.0 Å². The van der Waals surface area contributed by atoms with E-state index < -0.39 is 28.9 Å². The molecule has 1 N–H and O–H groups in total. The normalized spacial score (nSPS) is 23.9. The van der Waals surface area contributed by atoms with Crippen molar-refractivity contribution in [3.63, 3.8) is 0 Å². The number of hydrogen-bond donors (Lipinski definition) is 1. The van der Waals surface area contributed by atoms with Gasteiger partial charge in [-0.25, -0.2) is 0 Å². The number of rotatable bonds is 8. The van der Waals surface area contributed by atoms with Crippen LogP contribution >= 0.6 is 0 Å². The van der Waals surface area contributed by atoms with Crippen LogP contribution in [0.4, 0.5) is 5.69 Å². The maximum absolute atomic E-state index is 14.4. The molecule has 2 aromatic rings. The van der Waals surface area contributed by atoms with E-state index in [1.54, 1.807) is 41.3 Å². The van der Waals surface area contributed by atoms with E-state index in [-0.39, 0.29) is 18.2 Å². The lowest BCUT2D eigenvalue weighted by molar-refractivity contribution is -0.145. The van der Waals surface area contributed by atoms with Gasteiger partial charge in [0.25, 0.3) is 17.6 Å². The molecule has 2 atom stereocenters. The van der Waals surface area contributed by atoms with Crippen LogP contribution in [-0.4, -0.2) is 60.0 Å². The molecule has 0 unspecified atom stereocenters. The second-order valence-corrected chi connectivity index (χ2v) is 9.87. The monoisotopic (exact) mass is 516 g/mol. The predicted octanol–water partition coefficient (Wildman–Crippen LogP) is 4.07. The molecular weight excluding hydrogens is 484 g/mol. The number of aliphatic hydroxyl groups is 1.